The molecule has 1 N–H and O–H groups in total. The summed E-state index contributed by atoms with van der Waals surface area (Å²) in [5, 5.41) is 10.6. The molecule has 3 saturated carbocycles. The highest BCUT2D eigenvalue weighted by Gasteiger charge is 2.41. The third-order valence-electron chi connectivity index (χ3n) is 6.62. The molecule has 0 spiro atoms. The second kappa shape index (κ2) is 5.61. The molecule has 2 heteroatoms. The average Bonchev–Trinajstić information content (AvgIpc) is 2.97. The van der Waals surface area contributed by atoms with E-state index in [4.69, 9.17) is 0 Å². The van der Waals surface area contributed by atoms with Gasteiger partial charge in [-0.1, -0.05) is 26.7 Å². The molecule has 0 aromatic rings. The number of hydrogen-bond donors (Lipinski definition) is 1. The van der Waals surface area contributed by atoms with Crippen LogP contribution in [0.3, 0.4) is 0 Å². The average molecular weight is 279 g/mol. The van der Waals surface area contributed by atoms with Crippen LogP contribution in [0.2, 0.25) is 0 Å². The molecule has 5 atom stereocenters. The minimum Gasteiger partial charge on any atom is -0.392 e. The third-order valence-corrected chi connectivity index (χ3v) is 6.62. The molecule has 5 unspecified atom stereocenters. The molecule has 20 heavy (non-hydrogen) atoms. The predicted octanol–water partition coefficient (Wildman–Crippen LogP) is 3.54. The van der Waals surface area contributed by atoms with Gasteiger partial charge in [0.1, 0.15) is 0 Å². The van der Waals surface area contributed by atoms with Crippen molar-refractivity contribution in [2.24, 2.45) is 29.1 Å². The van der Waals surface area contributed by atoms with E-state index < -0.39 is 0 Å². The van der Waals surface area contributed by atoms with Crippen LogP contribution in [0.4, 0.5) is 0 Å². The van der Waals surface area contributed by atoms with Gasteiger partial charge >= 0.3 is 0 Å². The molecule has 0 radical (unpaired) electrons. The Morgan fingerprint density at radius 3 is 2.45 bits per heavy atom. The van der Waals surface area contributed by atoms with E-state index in [2.05, 4.69) is 25.8 Å². The molecule has 2 nitrogen and oxygen atoms in total. The Kier molecular flexibility index (Phi) is 4.16. The molecule has 3 aliphatic rings. The van der Waals surface area contributed by atoms with Gasteiger partial charge in [-0.25, -0.2) is 0 Å². The Balaban J connectivity index is 1.50. The van der Waals surface area contributed by atoms with Gasteiger partial charge in [0, 0.05) is 13.1 Å². The van der Waals surface area contributed by atoms with E-state index in [1.165, 1.54) is 51.5 Å². The molecule has 3 aliphatic carbocycles. The topological polar surface area (TPSA) is 23.5 Å². The number of aliphatic hydroxyl groups excluding tert-OH is 1. The van der Waals surface area contributed by atoms with E-state index in [0.717, 1.165) is 24.3 Å². The lowest BCUT2D eigenvalue weighted by molar-refractivity contribution is -0.0422. The summed E-state index contributed by atoms with van der Waals surface area (Å²) in [7, 11) is 2.28. The zero-order chi connectivity index (χ0) is 14.3. The van der Waals surface area contributed by atoms with Gasteiger partial charge in [-0.2, -0.15) is 0 Å². The lowest BCUT2D eigenvalue weighted by atomic mass is 9.69. The lowest BCUT2D eigenvalue weighted by Crippen LogP contribution is -2.45. The molecule has 0 aliphatic heterocycles. The number of hydrogen-bond acceptors (Lipinski definition) is 2. The van der Waals surface area contributed by atoms with E-state index in [-0.39, 0.29) is 11.5 Å². The summed E-state index contributed by atoms with van der Waals surface area (Å²) in [6.07, 6.45) is 9.55. The van der Waals surface area contributed by atoms with Crippen LogP contribution < -0.4 is 0 Å². The molecule has 2 bridgehead atoms. The quantitative estimate of drug-likeness (QED) is 0.851. The SMILES string of the molecule is CN(CC1CC2CCC1C2)CC1CCCC(C)(C)C1O. The van der Waals surface area contributed by atoms with Gasteiger partial charge in [0.25, 0.3) is 0 Å². The van der Waals surface area contributed by atoms with Crippen LogP contribution in [0, 0.1) is 29.1 Å². The Hall–Kier alpha value is -0.0800. The van der Waals surface area contributed by atoms with Crippen molar-refractivity contribution in [3.63, 3.8) is 0 Å². The predicted molar refractivity (Wildman–Crippen MR) is 83.6 cm³/mol. The van der Waals surface area contributed by atoms with Crippen LogP contribution >= 0.6 is 0 Å². The first-order valence-corrected chi connectivity index (χ1v) is 8.82. The van der Waals surface area contributed by atoms with Crippen molar-refractivity contribution in [2.75, 3.05) is 20.1 Å². The minimum atomic E-state index is -0.112. The molecule has 0 saturated heterocycles. The zero-order valence-corrected chi connectivity index (χ0v) is 13.6. The van der Waals surface area contributed by atoms with Crippen LogP contribution in [-0.2, 0) is 0 Å². The Morgan fingerprint density at radius 1 is 1.05 bits per heavy atom. The fourth-order valence-corrected chi connectivity index (χ4v) is 5.43. The van der Waals surface area contributed by atoms with Gasteiger partial charge in [0.15, 0.2) is 0 Å². The highest BCUT2D eigenvalue weighted by molar-refractivity contribution is 4.92. The van der Waals surface area contributed by atoms with Gasteiger partial charge in [-0.15, -0.1) is 0 Å². The number of fused-ring (bicyclic) bond motifs is 2. The van der Waals surface area contributed by atoms with Gasteiger partial charge in [0.2, 0.25) is 0 Å². The highest BCUT2D eigenvalue weighted by atomic mass is 16.3. The van der Waals surface area contributed by atoms with Crippen LogP contribution in [-0.4, -0.2) is 36.2 Å². The smallest absolute Gasteiger partial charge is 0.0631 e. The molecule has 3 fully saturated rings. The summed E-state index contributed by atoms with van der Waals surface area (Å²) in [5.41, 5.74) is 0.121. The van der Waals surface area contributed by atoms with Crippen LogP contribution in [0.5, 0.6) is 0 Å². The van der Waals surface area contributed by atoms with Crippen molar-refractivity contribution in [3.8, 4) is 0 Å². The summed E-state index contributed by atoms with van der Waals surface area (Å²) in [6, 6.07) is 0. The van der Waals surface area contributed by atoms with Gasteiger partial charge < -0.3 is 10.0 Å². The highest BCUT2D eigenvalue weighted by Crippen LogP contribution is 2.48. The summed E-state index contributed by atoms with van der Waals surface area (Å²) in [4.78, 5) is 2.53. The van der Waals surface area contributed by atoms with Gasteiger partial charge in [0.05, 0.1) is 6.10 Å². The molecule has 0 aromatic heterocycles. The first-order chi connectivity index (χ1) is 9.45. The van der Waals surface area contributed by atoms with E-state index >= 15 is 0 Å². The second-order valence-electron chi connectivity index (χ2n) is 8.74. The second-order valence-corrected chi connectivity index (χ2v) is 8.74. The minimum absolute atomic E-state index is 0.112. The maximum atomic E-state index is 10.6. The van der Waals surface area contributed by atoms with E-state index in [1.807, 2.05) is 0 Å². The summed E-state index contributed by atoms with van der Waals surface area (Å²) in [6.45, 7) is 6.84. The van der Waals surface area contributed by atoms with E-state index in [9.17, 15) is 5.11 Å². The molecule has 0 amide bonds. The van der Waals surface area contributed by atoms with Crippen molar-refractivity contribution < 1.29 is 5.11 Å². The fourth-order valence-electron chi connectivity index (χ4n) is 5.43. The normalized spacial score (nSPS) is 43.4. The monoisotopic (exact) mass is 279 g/mol. The van der Waals surface area contributed by atoms with Crippen LogP contribution in [0.1, 0.15) is 58.8 Å². The van der Waals surface area contributed by atoms with Crippen molar-refractivity contribution in [1.82, 2.24) is 4.90 Å². The maximum Gasteiger partial charge on any atom is 0.0631 e. The number of nitrogens with zero attached hydrogens (tertiary/aromatic N) is 1. The van der Waals surface area contributed by atoms with Crippen molar-refractivity contribution in [2.45, 2.75) is 64.9 Å². The molecular formula is C18H33NO. The number of rotatable bonds is 4. The summed E-state index contributed by atoms with van der Waals surface area (Å²) in [5.74, 6) is 3.52. The van der Waals surface area contributed by atoms with Crippen molar-refractivity contribution in [1.29, 1.82) is 0 Å². The molecule has 3 rings (SSSR count). The lowest BCUT2D eigenvalue weighted by Gasteiger charge is -2.42. The van der Waals surface area contributed by atoms with Crippen molar-refractivity contribution >= 4 is 0 Å². The van der Waals surface area contributed by atoms with E-state index in [1.54, 1.807) is 0 Å². The van der Waals surface area contributed by atoms with E-state index in [0.29, 0.717) is 5.92 Å². The van der Waals surface area contributed by atoms with Gasteiger partial charge in [-0.3, -0.25) is 0 Å². The Bertz CT molecular complexity index is 340. The Morgan fingerprint density at radius 2 is 1.80 bits per heavy atom. The molecule has 0 heterocycles. The first-order valence-electron chi connectivity index (χ1n) is 8.82. The molecular weight excluding hydrogens is 246 g/mol. The standard InChI is InChI=1S/C18H33NO/c1-18(2)8-4-5-15(17(18)20)11-19(3)12-16-10-13-6-7-14(16)9-13/h13-17,20H,4-12H2,1-3H3. The van der Waals surface area contributed by atoms with Crippen LogP contribution in [0.25, 0.3) is 0 Å². The summed E-state index contributed by atoms with van der Waals surface area (Å²) >= 11 is 0. The van der Waals surface area contributed by atoms with Crippen molar-refractivity contribution in [3.05, 3.63) is 0 Å². The number of aliphatic hydroxyl groups is 1. The largest absolute Gasteiger partial charge is 0.392 e. The van der Waals surface area contributed by atoms with Crippen LogP contribution in [0.15, 0.2) is 0 Å². The summed E-state index contributed by atoms with van der Waals surface area (Å²) < 4.78 is 0. The maximum absolute atomic E-state index is 10.6. The Labute approximate surface area is 124 Å². The fraction of sp³-hybridized carbons (Fsp3) is 1.00. The van der Waals surface area contributed by atoms with Gasteiger partial charge in [-0.05, 0) is 68.2 Å². The zero-order valence-electron chi connectivity index (χ0n) is 13.6. The third kappa shape index (κ3) is 2.92. The molecule has 0 aromatic carbocycles. The first kappa shape index (κ1) is 14.8. The molecule has 116 valence electrons.